The van der Waals surface area contributed by atoms with Gasteiger partial charge in [0.25, 0.3) is 0 Å². The van der Waals surface area contributed by atoms with E-state index < -0.39 is 0 Å². The maximum Gasteiger partial charge on any atom is 0.162 e. The molecule has 3 rings (SSSR count). The molecule has 0 spiro atoms. The zero-order valence-electron chi connectivity index (χ0n) is 10.2. The fourth-order valence-corrected chi connectivity index (χ4v) is 2.34. The number of aromatic nitrogens is 1. The summed E-state index contributed by atoms with van der Waals surface area (Å²) in [5.41, 5.74) is 3.05. The van der Waals surface area contributed by atoms with Crippen molar-refractivity contribution in [3.63, 3.8) is 0 Å². The quantitative estimate of drug-likeness (QED) is 0.901. The number of hydrogen-bond acceptors (Lipinski definition) is 4. The van der Waals surface area contributed by atoms with Crippen LogP contribution in [-0.2, 0) is 6.61 Å². The van der Waals surface area contributed by atoms with Crippen LogP contribution >= 0.6 is 0 Å². The summed E-state index contributed by atoms with van der Waals surface area (Å²) in [6.45, 7) is 2.19. The molecule has 1 aliphatic heterocycles. The van der Waals surface area contributed by atoms with E-state index in [-0.39, 0.29) is 6.61 Å². The average Bonchev–Trinajstić information content (AvgIpc) is 3.10. The van der Waals surface area contributed by atoms with Gasteiger partial charge in [0.15, 0.2) is 5.76 Å². The lowest BCUT2D eigenvalue weighted by Gasteiger charge is -2.17. The van der Waals surface area contributed by atoms with Crippen LogP contribution in [-0.4, -0.2) is 23.4 Å². The fourth-order valence-electron chi connectivity index (χ4n) is 2.34. The molecule has 1 N–H and O–H groups in total. The predicted molar refractivity (Wildman–Crippen MR) is 69.3 cm³/mol. The molecule has 2 aromatic rings. The third kappa shape index (κ3) is 2.11. The van der Waals surface area contributed by atoms with Gasteiger partial charge in [-0.05, 0) is 25.0 Å². The predicted octanol–water partition coefficient (Wildman–Crippen LogP) is 2.43. The molecule has 0 amide bonds. The number of aliphatic hydroxyl groups excluding tert-OH is 1. The normalized spacial score (nSPS) is 15.3. The second kappa shape index (κ2) is 4.82. The molecule has 1 aromatic heterocycles. The summed E-state index contributed by atoms with van der Waals surface area (Å²) in [4.78, 5) is 2.39. The summed E-state index contributed by atoms with van der Waals surface area (Å²) < 4.78 is 4.99. The van der Waals surface area contributed by atoms with Crippen LogP contribution in [0, 0.1) is 0 Å². The number of hydrogen-bond donors (Lipinski definition) is 1. The molecular formula is C14H16N2O2. The van der Waals surface area contributed by atoms with E-state index in [0.717, 1.165) is 24.3 Å². The first kappa shape index (κ1) is 11.3. The number of nitrogens with zero attached hydrogens (tertiary/aromatic N) is 2. The van der Waals surface area contributed by atoms with Crippen molar-refractivity contribution >= 4 is 5.69 Å². The van der Waals surface area contributed by atoms with Crippen molar-refractivity contribution in [1.29, 1.82) is 0 Å². The van der Waals surface area contributed by atoms with E-state index in [1.807, 2.05) is 12.1 Å². The number of rotatable bonds is 3. The Morgan fingerprint density at radius 1 is 1.17 bits per heavy atom. The third-order valence-corrected chi connectivity index (χ3v) is 3.35. The Morgan fingerprint density at radius 2 is 1.89 bits per heavy atom. The van der Waals surface area contributed by atoms with Crippen molar-refractivity contribution in [2.45, 2.75) is 19.4 Å². The van der Waals surface area contributed by atoms with Crippen LogP contribution in [0.5, 0.6) is 0 Å². The van der Waals surface area contributed by atoms with Gasteiger partial charge in [0, 0.05) is 30.4 Å². The number of anilines is 1. The molecular weight excluding hydrogens is 228 g/mol. The minimum absolute atomic E-state index is 0.112. The van der Waals surface area contributed by atoms with Crippen LogP contribution in [0.3, 0.4) is 0 Å². The van der Waals surface area contributed by atoms with E-state index >= 15 is 0 Å². The van der Waals surface area contributed by atoms with Crippen molar-refractivity contribution in [3.8, 4) is 11.3 Å². The van der Waals surface area contributed by atoms with Gasteiger partial charge in [-0.1, -0.05) is 17.3 Å². The van der Waals surface area contributed by atoms with Gasteiger partial charge in [-0.15, -0.1) is 0 Å². The standard InChI is InChI=1S/C14H16N2O2/c17-10-13-9-14(15-18-13)11-3-5-12(6-4-11)16-7-1-2-8-16/h3-6,9,17H,1-2,7-8,10H2. The second-order valence-electron chi connectivity index (χ2n) is 4.58. The van der Waals surface area contributed by atoms with E-state index in [1.165, 1.54) is 18.5 Å². The Hall–Kier alpha value is -1.81. The topological polar surface area (TPSA) is 49.5 Å². The zero-order chi connectivity index (χ0) is 12.4. The third-order valence-electron chi connectivity index (χ3n) is 3.35. The van der Waals surface area contributed by atoms with Crippen molar-refractivity contribution in [2.24, 2.45) is 0 Å². The molecule has 4 heteroatoms. The molecule has 0 unspecified atom stereocenters. The summed E-state index contributed by atoms with van der Waals surface area (Å²) >= 11 is 0. The van der Waals surface area contributed by atoms with Crippen molar-refractivity contribution in [1.82, 2.24) is 5.16 Å². The molecule has 0 radical (unpaired) electrons. The lowest BCUT2D eigenvalue weighted by Crippen LogP contribution is -2.17. The maximum atomic E-state index is 8.95. The molecule has 0 aliphatic carbocycles. The summed E-state index contributed by atoms with van der Waals surface area (Å²) in [7, 11) is 0. The summed E-state index contributed by atoms with van der Waals surface area (Å²) in [6.07, 6.45) is 2.57. The van der Waals surface area contributed by atoms with Crippen molar-refractivity contribution in [3.05, 3.63) is 36.1 Å². The monoisotopic (exact) mass is 244 g/mol. The van der Waals surface area contributed by atoms with Crippen LogP contribution in [0.1, 0.15) is 18.6 Å². The Balaban J connectivity index is 1.81. The molecule has 2 heterocycles. The molecule has 1 saturated heterocycles. The van der Waals surface area contributed by atoms with Crippen molar-refractivity contribution in [2.75, 3.05) is 18.0 Å². The smallest absolute Gasteiger partial charge is 0.162 e. The Bertz CT molecular complexity index is 513. The van der Waals surface area contributed by atoms with Crippen LogP contribution < -0.4 is 4.90 Å². The Labute approximate surface area is 106 Å². The van der Waals surface area contributed by atoms with Crippen LogP contribution in [0.15, 0.2) is 34.9 Å². The zero-order valence-corrected chi connectivity index (χ0v) is 10.2. The van der Waals surface area contributed by atoms with Gasteiger partial charge in [0.1, 0.15) is 12.3 Å². The van der Waals surface area contributed by atoms with E-state index in [2.05, 4.69) is 22.2 Å². The molecule has 18 heavy (non-hydrogen) atoms. The lowest BCUT2D eigenvalue weighted by molar-refractivity contribution is 0.229. The highest BCUT2D eigenvalue weighted by Crippen LogP contribution is 2.25. The molecule has 1 fully saturated rings. The summed E-state index contributed by atoms with van der Waals surface area (Å²) in [6, 6.07) is 10.1. The SMILES string of the molecule is OCc1cc(-c2ccc(N3CCCC3)cc2)no1. The molecule has 0 atom stereocenters. The highest BCUT2D eigenvalue weighted by molar-refractivity contribution is 5.63. The van der Waals surface area contributed by atoms with Gasteiger partial charge in [-0.25, -0.2) is 0 Å². The summed E-state index contributed by atoms with van der Waals surface area (Å²) in [5.74, 6) is 0.494. The second-order valence-corrected chi connectivity index (χ2v) is 4.58. The van der Waals surface area contributed by atoms with E-state index in [4.69, 9.17) is 9.63 Å². The first-order chi connectivity index (χ1) is 8.86. The van der Waals surface area contributed by atoms with Gasteiger partial charge in [-0.3, -0.25) is 0 Å². The highest BCUT2D eigenvalue weighted by Gasteiger charge is 2.12. The maximum absolute atomic E-state index is 8.95. The first-order valence-electron chi connectivity index (χ1n) is 6.28. The summed E-state index contributed by atoms with van der Waals surface area (Å²) in [5, 5.41) is 12.9. The van der Waals surface area contributed by atoms with Gasteiger partial charge in [0.2, 0.25) is 0 Å². The Morgan fingerprint density at radius 3 is 2.50 bits per heavy atom. The largest absolute Gasteiger partial charge is 0.388 e. The van der Waals surface area contributed by atoms with Gasteiger partial charge in [0.05, 0.1) is 0 Å². The van der Waals surface area contributed by atoms with Gasteiger partial charge >= 0.3 is 0 Å². The number of aliphatic hydroxyl groups is 1. The van der Waals surface area contributed by atoms with E-state index in [1.54, 1.807) is 6.07 Å². The van der Waals surface area contributed by atoms with Crippen LogP contribution in [0.25, 0.3) is 11.3 Å². The minimum atomic E-state index is -0.112. The lowest BCUT2D eigenvalue weighted by atomic mass is 10.1. The average molecular weight is 244 g/mol. The first-order valence-corrected chi connectivity index (χ1v) is 6.28. The van der Waals surface area contributed by atoms with Gasteiger partial charge in [-0.2, -0.15) is 0 Å². The molecule has 0 bridgehead atoms. The minimum Gasteiger partial charge on any atom is -0.388 e. The molecule has 1 aromatic carbocycles. The highest BCUT2D eigenvalue weighted by atomic mass is 16.5. The van der Waals surface area contributed by atoms with Crippen LogP contribution in [0.4, 0.5) is 5.69 Å². The molecule has 94 valence electrons. The fraction of sp³-hybridized carbons (Fsp3) is 0.357. The van der Waals surface area contributed by atoms with E-state index in [9.17, 15) is 0 Å². The molecule has 1 aliphatic rings. The Kier molecular flexibility index (Phi) is 3.02. The van der Waals surface area contributed by atoms with Crippen LogP contribution in [0.2, 0.25) is 0 Å². The molecule has 4 nitrogen and oxygen atoms in total. The van der Waals surface area contributed by atoms with E-state index in [0.29, 0.717) is 5.76 Å². The van der Waals surface area contributed by atoms with Crippen molar-refractivity contribution < 1.29 is 9.63 Å². The number of benzene rings is 1. The van der Waals surface area contributed by atoms with Gasteiger partial charge < -0.3 is 14.5 Å². The molecule has 0 saturated carbocycles.